The molecular formula is C48H34N2S. The van der Waals surface area contributed by atoms with Gasteiger partial charge >= 0.3 is 0 Å². The lowest BCUT2D eigenvalue weighted by atomic mass is 10.0. The molecular weight excluding hydrogens is 637 g/mol. The summed E-state index contributed by atoms with van der Waals surface area (Å²) in [7, 11) is 0. The highest BCUT2D eigenvalue weighted by Gasteiger charge is 2.15. The molecule has 7 aromatic carbocycles. The van der Waals surface area contributed by atoms with Gasteiger partial charge in [-0.05, 0) is 76.4 Å². The molecule has 2 heterocycles. The summed E-state index contributed by atoms with van der Waals surface area (Å²) in [5, 5.41) is 4.69. The lowest BCUT2D eigenvalue weighted by molar-refractivity contribution is 1.18. The summed E-state index contributed by atoms with van der Waals surface area (Å²) in [6.45, 7) is 6.78. The first-order valence-corrected chi connectivity index (χ1v) is 18.1. The van der Waals surface area contributed by atoms with Crippen LogP contribution in [0.4, 0.5) is 0 Å². The highest BCUT2D eigenvalue weighted by atomic mass is 32.1. The van der Waals surface area contributed by atoms with Crippen LogP contribution in [0, 0.1) is 0 Å². The Morgan fingerprint density at radius 3 is 1.92 bits per heavy atom. The van der Waals surface area contributed by atoms with E-state index in [-0.39, 0.29) is 0 Å². The van der Waals surface area contributed by atoms with Crippen LogP contribution < -0.4 is 9.75 Å². The van der Waals surface area contributed by atoms with Crippen LogP contribution in [0.3, 0.4) is 0 Å². The van der Waals surface area contributed by atoms with E-state index in [9.17, 15) is 0 Å². The molecule has 51 heavy (non-hydrogen) atoms. The van der Waals surface area contributed by atoms with E-state index in [0.29, 0.717) is 0 Å². The maximum atomic E-state index is 5.26. The molecule has 0 amide bonds. The van der Waals surface area contributed by atoms with E-state index < -0.39 is 0 Å². The molecule has 242 valence electrons. The Morgan fingerprint density at radius 1 is 0.549 bits per heavy atom. The Kier molecular flexibility index (Phi) is 7.76. The van der Waals surface area contributed by atoms with Crippen LogP contribution in [0.5, 0.6) is 0 Å². The molecule has 0 saturated carbocycles. The van der Waals surface area contributed by atoms with Gasteiger partial charge in [0, 0.05) is 37.8 Å². The number of aliphatic imine (C=N–C) groups is 1. The van der Waals surface area contributed by atoms with E-state index in [1.807, 2.05) is 12.1 Å². The molecule has 3 heteroatoms. The van der Waals surface area contributed by atoms with E-state index in [4.69, 9.17) is 11.6 Å². The lowest BCUT2D eigenvalue weighted by Gasteiger charge is -2.10. The van der Waals surface area contributed by atoms with Crippen molar-refractivity contribution in [2.24, 2.45) is 4.99 Å². The molecule has 9 rings (SSSR count). The van der Waals surface area contributed by atoms with Crippen LogP contribution in [0.2, 0.25) is 0 Å². The number of aromatic nitrogens is 1. The molecule has 0 N–H and O–H groups in total. The summed E-state index contributed by atoms with van der Waals surface area (Å²) in [6, 6.07) is 62.6. The van der Waals surface area contributed by atoms with E-state index >= 15 is 0 Å². The Bertz CT molecular complexity index is 2840. The zero-order chi connectivity index (χ0) is 34.3. The van der Waals surface area contributed by atoms with Gasteiger partial charge in [0.2, 0.25) is 0 Å². The summed E-state index contributed by atoms with van der Waals surface area (Å²) in [5.74, 6) is 0. The zero-order valence-corrected chi connectivity index (χ0v) is 29.1. The van der Waals surface area contributed by atoms with Crippen molar-refractivity contribution in [3.63, 3.8) is 0 Å². The van der Waals surface area contributed by atoms with Crippen molar-refractivity contribution in [1.82, 2.24) is 4.57 Å². The predicted octanol–water partition coefficient (Wildman–Crippen LogP) is 11.4. The van der Waals surface area contributed by atoms with Gasteiger partial charge in [-0.3, -0.25) is 4.99 Å². The van der Waals surface area contributed by atoms with E-state index in [2.05, 4.69) is 175 Å². The summed E-state index contributed by atoms with van der Waals surface area (Å²) in [4.78, 5) is 5.26. The van der Waals surface area contributed by atoms with Gasteiger partial charge in [-0.25, -0.2) is 0 Å². The van der Waals surface area contributed by atoms with E-state index in [0.717, 1.165) is 43.5 Å². The number of nitrogens with zero attached hydrogens (tertiary/aromatic N) is 2. The first kappa shape index (κ1) is 30.7. The number of fused-ring (bicyclic) bond motifs is 4. The molecule has 0 fully saturated rings. The minimum absolute atomic E-state index is 0.950. The summed E-state index contributed by atoms with van der Waals surface area (Å²) in [6.07, 6.45) is 0. The smallest absolute Gasteiger partial charge is 0.0883 e. The predicted molar refractivity (Wildman–Crippen MR) is 219 cm³/mol. The van der Waals surface area contributed by atoms with Crippen molar-refractivity contribution in [2.75, 3.05) is 0 Å². The molecule has 0 spiro atoms. The van der Waals surface area contributed by atoms with Gasteiger partial charge in [0.25, 0.3) is 0 Å². The maximum absolute atomic E-state index is 5.26. The monoisotopic (exact) mass is 670 g/mol. The van der Waals surface area contributed by atoms with Gasteiger partial charge in [0.05, 0.1) is 21.3 Å². The van der Waals surface area contributed by atoms with E-state index in [1.165, 1.54) is 48.6 Å². The molecule has 0 atom stereocenters. The normalized spacial score (nSPS) is 12.5. The highest BCUT2D eigenvalue weighted by Crippen LogP contribution is 2.36. The number of rotatable bonds is 6. The first-order valence-electron chi connectivity index (χ1n) is 17.2. The molecule has 0 unspecified atom stereocenters. The lowest BCUT2D eigenvalue weighted by Crippen LogP contribution is -2.20. The average molecular weight is 671 g/mol. The fraction of sp³-hybridized carbons (Fsp3) is 0.0208. The molecule has 0 aliphatic carbocycles. The van der Waals surface area contributed by atoms with Crippen molar-refractivity contribution in [1.29, 1.82) is 0 Å². The molecule has 0 aliphatic rings. The third-order valence-electron chi connectivity index (χ3n) is 9.76. The number of benzene rings is 7. The highest BCUT2D eigenvalue weighted by molar-refractivity contribution is 7.17. The summed E-state index contributed by atoms with van der Waals surface area (Å²) in [5.41, 5.74) is 12.4. The van der Waals surface area contributed by atoms with Crippen LogP contribution in [-0.2, 0) is 0 Å². The SMILES string of the molecule is C=c1/c(=C(\N=C(C)c2ccccc2)c2ccccc2)sc2cccc(-c3ccc(-n4c5ccccc5c5cc(-c6ccccc6)ccc54)cc3)c12. The van der Waals surface area contributed by atoms with Crippen molar-refractivity contribution >= 4 is 61.2 Å². The van der Waals surface area contributed by atoms with Crippen LogP contribution in [-0.4, -0.2) is 10.3 Å². The largest absolute Gasteiger partial charge is 0.309 e. The molecule has 0 aliphatic heterocycles. The standard InChI is InChI=1S/C48H34N2S/c1-32-46-40(22-14-24-45(46)51-48(32)47(37-19-10-5-11-20-37)49-33(2)34-15-6-3-7-16-34)36-25-28-39(29-26-36)50-43-23-13-12-21-41(43)42-31-38(27-30-44(42)50)35-17-8-4-9-18-35/h3-31H,1H2,2H3/b48-47+,49-33?. The molecule has 0 bridgehead atoms. The zero-order valence-electron chi connectivity index (χ0n) is 28.3. The second-order valence-corrected chi connectivity index (χ2v) is 13.9. The maximum Gasteiger partial charge on any atom is 0.0883 e. The molecule has 2 aromatic heterocycles. The van der Waals surface area contributed by atoms with Crippen LogP contribution in [0.15, 0.2) is 181 Å². The fourth-order valence-corrected chi connectivity index (χ4v) is 8.44. The van der Waals surface area contributed by atoms with Gasteiger partial charge < -0.3 is 4.57 Å². The molecule has 0 radical (unpaired) electrons. The average Bonchev–Trinajstić information content (AvgIpc) is 3.72. The van der Waals surface area contributed by atoms with Crippen molar-refractivity contribution in [2.45, 2.75) is 6.92 Å². The molecule has 0 saturated heterocycles. The third-order valence-corrected chi connectivity index (χ3v) is 11.0. The Labute approximate surface area is 301 Å². The fourth-order valence-electron chi connectivity index (χ4n) is 7.25. The van der Waals surface area contributed by atoms with Gasteiger partial charge in [-0.15, -0.1) is 11.3 Å². The van der Waals surface area contributed by atoms with Crippen LogP contribution in [0.1, 0.15) is 18.1 Å². The van der Waals surface area contributed by atoms with Gasteiger partial charge in [0.1, 0.15) is 0 Å². The minimum Gasteiger partial charge on any atom is -0.309 e. The number of hydrogen-bond donors (Lipinski definition) is 0. The molecule has 2 nitrogen and oxygen atoms in total. The summed E-state index contributed by atoms with van der Waals surface area (Å²) >= 11 is 1.77. The Hall–Kier alpha value is -6.29. The van der Waals surface area contributed by atoms with Gasteiger partial charge in [0.15, 0.2) is 0 Å². The second kappa shape index (κ2) is 12.9. The van der Waals surface area contributed by atoms with Crippen molar-refractivity contribution < 1.29 is 0 Å². The first-order chi connectivity index (χ1) is 25.1. The van der Waals surface area contributed by atoms with Crippen molar-refractivity contribution in [3.8, 4) is 27.9 Å². The second-order valence-electron chi connectivity index (χ2n) is 12.9. The minimum atomic E-state index is 0.950. The van der Waals surface area contributed by atoms with Crippen LogP contribution in [0.25, 0.3) is 72.1 Å². The Balaban J connectivity index is 1.18. The Morgan fingerprint density at radius 2 is 1.18 bits per heavy atom. The molecule has 9 aromatic rings. The quantitative estimate of drug-likeness (QED) is 0.157. The summed E-state index contributed by atoms with van der Waals surface area (Å²) < 4.78 is 4.68. The van der Waals surface area contributed by atoms with Crippen molar-refractivity contribution in [3.05, 3.63) is 197 Å². The topological polar surface area (TPSA) is 17.3 Å². The van der Waals surface area contributed by atoms with E-state index in [1.54, 1.807) is 11.3 Å². The number of thiophene rings is 1. The van der Waals surface area contributed by atoms with Gasteiger partial charge in [-0.2, -0.15) is 0 Å². The third kappa shape index (κ3) is 5.49. The number of hydrogen-bond acceptors (Lipinski definition) is 2. The number of para-hydroxylation sites is 1. The van der Waals surface area contributed by atoms with Gasteiger partial charge in [-0.1, -0.05) is 146 Å². The van der Waals surface area contributed by atoms with Crippen LogP contribution >= 0.6 is 11.3 Å².